The first-order valence-electron chi connectivity index (χ1n) is 6.52. The van der Waals surface area contributed by atoms with E-state index >= 15 is 0 Å². The van der Waals surface area contributed by atoms with E-state index in [0.717, 1.165) is 34.9 Å². The number of thiazole rings is 1. The van der Waals surface area contributed by atoms with Crippen molar-refractivity contribution in [3.8, 4) is 5.75 Å². The summed E-state index contributed by atoms with van der Waals surface area (Å²) in [7, 11) is 0. The van der Waals surface area contributed by atoms with E-state index in [1.165, 1.54) is 4.88 Å². The van der Waals surface area contributed by atoms with Crippen molar-refractivity contribution >= 4 is 11.3 Å². The number of fused-ring (bicyclic) bond motifs is 1. The van der Waals surface area contributed by atoms with E-state index in [0.29, 0.717) is 6.61 Å². The molecule has 0 amide bonds. The number of benzene rings is 1. The van der Waals surface area contributed by atoms with Crippen LogP contribution >= 0.6 is 11.3 Å². The smallest absolute Gasteiger partial charge is 0.124 e. The fourth-order valence-corrected chi connectivity index (χ4v) is 3.61. The molecule has 0 saturated heterocycles. The average molecular weight is 274 g/mol. The standard InChI is InChI=1S/C15H18N2OS/c1-10-11(2)19-14(17-10)9-15(16)7-8-18-13-6-4-3-5-12(13)15/h3-6H,7-9,16H2,1-2H3. The number of nitrogens with zero attached hydrogens (tertiary/aromatic N) is 1. The van der Waals surface area contributed by atoms with Gasteiger partial charge in [-0.25, -0.2) is 4.98 Å². The van der Waals surface area contributed by atoms with Crippen LogP contribution in [-0.2, 0) is 12.0 Å². The lowest BCUT2D eigenvalue weighted by Gasteiger charge is -2.35. The number of para-hydroxylation sites is 1. The van der Waals surface area contributed by atoms with E-state index in [4.69, 9.17) is 10.5 Å². The van der Waals surface area contributed by atoms with E-state index < -0.39 is 0 Å². The number of aryl methyl sites for hydroxylation is 2. The van der Waals surface area contributed by atoms with Gasteiger partial charge < -0.3 is 10.5 Å². The number of nitrogens with two attached hydrogens (primary N) is 1. The highest BCUT2D eigenvalue weighted by Gasteiger charge is 2.34. The SMILES string of the molecule is Cc1nc(CC2(N)CCOc3ccccc32)sc1C. The van der Waals surface area contributed by atoms with Crippen molar-refractivity contribution < 1.29 is 4.74 Å². The molecule has 1 aromatic carbocycles. The third kappa shape index (κ3) is 2.26. The molecule has 1 unspecified atom stereocenters. The van der Waals surface area contributed by atoms with E-state index in [2.05, 4.69) is 24.9 Å². The molecule has 2 heterocycles. The minimum Gasteiger partial charge on any atom is -0.493 e. The van der Waals surface area contributed by atoms with Gasteiger partial charge in [0.1, 0.15) is 5.75 Å². The highest BCUT2D eigenvalue weighted by Crippen LogP contribution is 2.38. The van der Waals surface area contributed by atoms with Gasteiger partial charge in [-0.15, -0.1) is 11.3 Å². The molecule has 19 heavy (non-hydrogen) atoms. The van der Waals surface area contributed by atoms with E-state index in [9.17, 15) is 0 Å². The van der Waals surface area contributed by atoms with Gasteiger partial charge >= 0.3 is 0 Å². The van der Waals surface area contributed by atoms with Gasteiger partial charge in [0.2, 0.25) is 0 Å². The predicted molar refractivity (Wildman–Crippen MR) is 77.7 cm³/mol. The Morgan fingerprint density at radius 1 is 1.37 bits per heavy atom. The fourth-order valence-electron chi connectivity index (χ4n) is 2.55. The van der Waals surface area contributed by atoms with Gasteiger partial charge in [0.15, 0.2) is 0 Å². The Morgan fingerprint density at radius 3 is 2.89 bits per heavy atom. The van der Waals surface area contributed by atoms with E-state index in [1.807, 2.05) is 18.2 Å². The van der Waals surface area contributed by atoms with Crippen LogP contribution < -0.4 is 10.5 Å². The zero-order valence-corrected chi connectivity index (χ0v) is 12.1. The molecule has 2 aromatic rings. The molecule has 1 aliphatic heterocycles. The second-order valence-electron chi connectivity index (χ2n) is 5.18. The van der Waals surface area contributed by atoms with Crippen LogP contribution in [0.5, 0.6) is 5.75 Å². The number of aromatic nitrogens is 1. The summed E-state index contributed by atoms with van der Waals surface area (Å²) in [5.41, 5.74) is 8.51. The summed E-state index contributed by atoms with van der Waals surface area (Å²) in [6, 6.07) is 8.08. The summed E-state index contributed by atoms with van der Waals surface area (Å²) in [6.07, 6.45) is 1.62. The molecule has 0 radical (unpaired) electrons. The van der Waals surface area contributed by atoms with Crippen molar-refractivity contribution in [2.45, 2.75) is 32.2 Å². The Bertz CT molecular complexity index is 588. The first-order chi connectivity index (χ1) is 9.08. The Labute approximate surface area is 117 Å². The van der Waals surface area contributed by atoms with Crippen LogP contribution in [0.15, 0.2) is 24.3 Å². The van der Waals surface area contributed by atoms with Crippen molar-refractivity contribution in [2.75, 3.05) is 6.61 Å². The Morgan fingerprint density at radius 2 is 2.16 bits per heavy atom. The topological polar surface area (TPSA) is 48.1 Å². The van der Waals surface area contributed by atoms with Crippen molar-refractivity contribution in [3.63, 3.8) is 0 Å². The van der Waals surface area contributed by atoms with Gasteiger partial charge in [0.25, 0.3) is 0 Å². The molecule has 0 fully saturated rings. The third-order valence-corrected chi connectivity index (χ3v) is 4.84. The molecule has 0 spiro atoms. The van der Waals surface area contributed by atoms with Crippen LogP contribution in [0.1, 0.15) is 27.6 Å². The molecule has 4 heteroatoms. The third-order valence-electron chi connectivity index (χ3n) is 3.77. The Balaban J connectivity index is 1.96. The monoisotopic (exact) mass is 274 g/mol. The molecular weight excluding hydrogens is 256 g/mol. The molecule has 2 N–H and O–H groups in total. The van der Waals surface area contributed by atoms with Crippen LogP contribution in [0.2, 0.25) is 0 Å². The highest BCUT2D eigenvalue weighted by molar-refractivity contribution is 7.11. The highest BCUT2D eigenvalue weighted by atomic mass is 32.1. The first-order valence-corrected chi connectivity index (χ1v) is 7.34. The number of hydrogen-bond donors (Lipinski definition) is 1. The fraction of sp³-hybridized carbons (Fsp3) is 0.400. The summed E-state index contributed by atoms with van der Waals surface area (Å²) >= 11 is 1.75. The lowest BCUT2D eigenvalue weighted by Crippen LogP contribution is -2.43. The molecule has 3 rings (SSSR count). The zero-order chi connectivity index (χ0) is 13.5. The van der Waals surface area contributed by atoms with Gasteiger partial charge in [-0.2, -0.15) is 0 Å². The second kappa shape index (κ2) is 4.62. The van der Waals surface area contributed by atoms with Crippen LogP contribution in [0.3, 0.4) is 0 Å². The molecule has 3 nitrogen and oxygen atoms in total. The van der Waals surface area contributed by atoms with Crippen LogP contribution in [0.25, 0.3) is 0 Å². The normalized spacial score (nSPS) is 21.8. The molecule has 1 atom stereocenters. The molecule has 0 saturated carbocycles. The predicted octanol–water partition coefficient (Wildman–Crippen LogP) is 2.94. The number of hydrogen-bond acceptors (Lipinski definition) is 4. The summed E-state index contributed by atoms with van der Waals surface area (Å²) in [5.74, 6) is 0.918. The quantitative estimate of drug-likeness (QED) is 0.916. The van der Waals surface area contributed by atoms with Crippen molar-refractivity contribution in [3.05, 3.63) is 45.4 Å². The van der Waals surface area contributed by atoms with Crippen LogP contribution in [0.4, 0.5) is 0 Å². The van der Waals surface area contributed by atoms with Crippen molar-refractivity contribution in [2.24, 2.45) is 5.73 Å². The maximum atomic E-state index is 6.65. The van der Waals surface area contributed by atoms with Gasteiger partial charge in [-0.05, 0) is 19.9 Å². The minimum absolute atomic E-state index is 0.356. The maximum Gasteiger partial charge on any atom is 0.124 e. The van der Waals surface area contributed by atoms with Gasteiger partial charge in [-0.3, -0.25) is 0 Å². The second-order valence-corrected chi connectivity index (χ2v) is 6.46. The molecule has 1 aromatic heterocycles. The van der Waals surface area contributed by atoms with Crippen LogP contribution in [-0.4, -0.2) is 11.6 Å². The number of rotatable bonds is 2. The average Bonchev–Trinajstić information content (AvgIpc) is 2.68. The summed E-state index contributed by atoms with van der Waals surface area (Å²) < 4.78 is 5.69. The van der Waals surface area contributed by atoms with Gasteiger partial charge in [-0.1, -0.05) is 18.2 Å². The van der Waals surface area contributed by atoms with Gasteiger partial charge in [0.05, 0.1) is 22.8 Å². The largest absolute Gasteiger partial charge is 0.493 e. The summed E-state index contributed by atoms with van der Waals surface area (Å²) in [5, 5.41) is 1.12. The lowest BCUT2D eigenvalue weighted by atomic mass is 9.83. The summed E-state index contributed by atoms with van der Waals surface area (Å²) in [6.45, 7) is 4.84. The molecular formula is C15H18N2OS. The van der Waals surface area contributed by atoms with E-state index in [-0.39, 0.29) is 5.54 Å². The first kappa shape index (κ1) is 12.6. The molecule has 0 bridgehead atoms. The van der Waals surface area contributed by atoms with Crippen molar-refractivity contribution in [1.29, 1.82) is 0 Å². The lowest BCUT2D eigenvalue weighted by molar-refractivity contribution is 0.215. The van der Waals surface area contributed by atoms with Crippen molar-refractivity contribution in [1.82, 2.24) is 4.98 Å². The molecule has 100 valence electrons. The zero-order valence-electron chi connectivity index (χ0n) is 11.3. The summed E-state index contributed by atoms with van der Waals surface area (Å²) in [4.78, 5) is 5.90. The Kier molecular flexibility index (Phi) is 3.07. The Hall–Kier alpha value is -1.39. The maximum absolute atomic E-state index is 6.65. The van der Waals surface area contributed by atoms with Crippen LogP contribution in [0, 0.1) is 13.8 Å². The van der Waals surface area contributed by atoms with E-state index in [1.54, 1.807) is 11.3 Å². The molecule has 1 aliphatic rings. The minimum atomic E-state index is -0.356. The number of ether oxygens (including phenoxy) is 1. The molecule has 0 aliphatic carbocycles. The van der Waals surface area contributed by atoms with Gasteiger partial charge in [0, 0.05) is 23.3 Å².